The van der Waals surface area contributed by atoms with Gasteiger partial charge in [-0.1, -0.05) is 32.0 Å². The summed E-state index contributed by atoms with van der Waals surface area (Å²) in [5.74, 6) is 0.596. The molecule has 1 aromatic carbocycles. The van der Waals surface area contributed by atoms with Gasteiger partial charge in [0.05, 0.1) is 15.2 Å². The Labute approximate surface area is 133 Å². The lowest BCUT2D eigenvalue weighted by Crippen LogP contribution is -2.27. The van der Waals surface area contributed by atoms with Gasteiger partial charge in [0.15, 0.2) is 0 Å². The van der Waals surface area contributed by atoms with Gasteiger partial charge in [-0.05, 0) is 29.5 Å². The van der Waals surface area contributed by atoms with Crippen LogP contribution in [0.2, 0.25) is 0 Å². The van der Waals surface area contributed by atoms with E-state index in [-0.39, 0.29) is 0 Å². The summed E-state index contributed by atoms with van der Waals surface area (Å²) in [6.45, 7) is 5.52. The van der Waals surface area contributed by atoms with Crippen molar-refractivity contribution in [3.63, 3.8) is 0 Å². The minimum atomic E-state index is 0.444. The van der Waals surface area contributed by atoms with E-state index in [2.05, 4.69) is 60.9 Å². The number of thiazole rings is 1. The van der Waals surface area contributed by atoms with Crippen LogP contribution in [0.5, 0.6) is 0 Å². The molecule has 2 nitrogen and oxygen atoms in total. The maximum Gasteiger partial charge on any atom is 0.0951 e. The zero-order chi connectivity index (χ0) is 14.7. The molecule has 1 N–H and O–H groups in total. The summed E-state index contributed by atoms with van der Waals surface area (Å²) in [6, 6.07) is 13.2. The van der Waals surface area contributed by atoms with Crippen LogP contribution < -0.4 is 5.32 Å². The molecule has 0 amide bonds. The number of rotatable bonds is 6. The molecule has 1 unspecified atom stereocenters. The largest absolute Gasteiger partial charge is 0.309 e. The number of hydrogen-bond donors (Lipinski definition) is 1. The normalized spacial score (nSPS) is 13.1. The van der Waals surface area contributed by atoms with Gasteiger partial charge in [0, 0.05) is 23.9 Å². The van der Waals surface area contributed by atoms with E-state index in [4.69, 9.17) is 4.98 Å². The predicted molar refractivity (Wildman–Crippen MR) is 93.2 cm³/mol. The molecule has 0 spiro atoms. The van der Waals surface area contributed by atoms with Gasteiger partial charge in [-0.15, -0.1) is 22.7 Å². The van der Waals surface area contributed by atoms with Crippen LogP contribution >= 0.6 is 22.7 Å². The second-order valence-corrected chi connectivity index (χ2v) is 7.61. The monoisotopic (exact) mass is 316 g/mol. The smallest absolute Gasteiger partial charge is 0.0951 e. The van der Waals surface area contributed by atoms with E-state index >= 15 is 0 Å². The number of aromatic nitrogens is 1. The molecule has 110 valence electrons. The van der Waals surface area contributed by atoms with Crippen LogP contribution in [0.4, 0.5) is 0 Å². The zero-order valence-corrected chi connectivity index (χ0v) is 14.0. The lowest BCUT2D eigenvalue weighted by Gasteiger charge is -2.21. The van der Waals surface area contributed by atoms with Crippen LogP contribution in [-0.2, 0) is 6.42 Å². The molecular formula is C17H20N2S2. The average Bonchev–Trinajstić information content (AvgIpc) is 3.11. The molecule has 21 heavy (non-hydrogen) atoms. The van der Waals surface area contributed by atoms with Gasteiger partial charge in [-0.2, -0.15) is 0 Å². The number of hydrogen-bond acceptors (Lipinski definition) is 4. The Bertz CT molecular complexity index is 653. The molecular weight excluding hydrogens is 296 g/mol. The molecule has 2 aromatic heterocycles. The number of nitrogens with zero attached hydrogens (tertiary/aromatic N) is 1. The third-order valence-corrected chi connectivity index (χ3v) is 5.61. The second-order valence-electron chi connectivity index (χ2n) is 5.52. The van der Waals surface area contributed by atoms with Crippen LogP contribution in [0.1, 0.15) is 29.8 Å². The van der Waals surface area contributed by atoms with E-state index in [1.165, 1.54) is 14.6 Å². The molecule has 3 aromatic rings. The summed E-state index contributed by atoms with van der Waals surface area (Å²) in [5, 5.41) is 7.06. The Morgan fingerprint density at radius 1 is 1.14 bits per heavy atom. The minimum absolute atomic E-state index is 0.444. The van der Waals surface area contributed by atoms with Crippen LogP contribution in [0.25, 0.3) is 10.2 Å². The predicted octanol–water partition coefficient (Wildman–Crippen LogP) is 4.89. The van der Waals surface area contributed by atoms with E-state index in [9.17, 15) is 0 Å². The molecule has 2 heterocycles. The van der Waals surface area contributed by atoms with Crippen molar-refractivity contribution >= 4 is 32.9 Å². The van der Waals surface area contributed by atoms with Crippen molar-refractivity contribution in [2.24, 2.45) is 5.92 Å². The summed E-state index contributed by atoms with van der Waals surface area (Å²) in [4.78, 5) is 6.12. The number of benzene rings is 1. The molecule has 0 fully saturated rings. The Balaban J connectivity index is 1.62. The van der Waals surface area contributed by atoms with Gasteiger partial charge in [0.1, 0.15) is 0 Å². The highest BCUT2D eigenvalue weighted by Crippen LogP contribution is 2.26. The third-order valence-electron chi connectivity index (χ3n) is 3.56. The molecule has 0 saturated carbocycles. The fourth-order valence-corrected chi connectivity index (χ4v) is 4.43. The van der Waals surface area contributed by atoms with Gasteiger partial charge in [0.25, 0.3) is 0 Å². The van der Waals surface area contributed by atoms with E-state index in [0.717, 1.165) is 18.5 Å². The van der Waals surface area contributed by atoms with Crippen LogP contribution in [0.15, 0.2) is 41.8 Å². The van der Waals surface area contributed by atoms with Gasteiger partial charge in [0.2, 0.25) is 0 Å². The SMILES string of the molecule is CC(C)C(NCCc1nc2ccccc2s1)c1cccs1. The standard InChI is InChI=1S/C17H20N2S2/c1-12(2)17(15-8-5-11-20-15)18-10-9-16-19-13-6-3-4-7-14(13)21-16/h3-8,11-12,17-18H,9-10H2,1-2H3. The summed E-state index contributed by atoms with van der Waals surface area (Å²) in [7, 11) is 0. The second kappa shape index (κ2) is 6.69. The Morgan fingerprint density at radius 3 is 2.71 bits per heavy atom. The summed E-state index contributed by atoms with van der Waals surface area (Å²) in [6.07, 6.45) is 0.994. The van der Waals surface area contributed by atoms with Crippen molar-refractivity contribution in [2.75, 3.05) is 6.54 Å². The first-order valence-electron chi connectivity index (χ1n) is 7.35. The molecule has 0 aliphatic carbocycles. The summed E-state index contributed by atoms with van der Waals surface area (Å²) in [5.41, 5.74) is 1.12. The van der Waals surface area contributed by atoms with Crippen LogP contribution in [-0.4, -0.2) is 11.5 Å². The molecule has 4 heteroatoms. The highest BCUT2D eigenvalue weighted by atomic mass is 32.1. The van der Waals surface area contributed by atoms with Crippen molar-refractivity contribution in [3.05, 3.63) is 51.7 Å². The van der Waals surface area contributed by atoms with Crippen molar-refractivity contribution in [2.45, 2.75) is 26.3 Å². The molecule has 0 aliphatic rings. The van der Waals surface area contributed by atoms with Crippen molar-refractivity contribution in [3.8, 4) is 0 Å². The molecule has 0 radical (unpaired) electrons. The summed E-state index contributed by atoms with van der Waals surface area (Å²) < 4.78 is 1.28. The molecule has 0 saturated heterocycles. The van der Waals surface area contributed by atoms with E-state index in [1.54, 1.807) is 11.3 Å². The zero-order valence-electron chi connectivity index (χ0n) is 12.4. The highest BCUT2D eigenvalue weighted by molar-refractivity contribution is 7.18. The lowest BCUT2D eigenvalue weighted by atomic mass is 10.0. The third kappa shape index (κ3) is 3.51. The van der Waals surface area contributed by atoms with Crippen molar-refractivity contribution < 1.29 is 0 Å². The van der Waals surface area contributed by atoms with E-state index in [1.807, 2.05) is 11.3 Å². The van der Waals surface area contributed by atoms with Crippen LogP contribution in [0.3, 0.4) is 0 Å². The number of fused-ring (bicyclic) bond motifs is 1. The Morgan fingerprint density at radius 2 is 2.00 bits per heavy atom. The molecule has 0 bridgehead atoms. The quantitative estimate of drug-likeness (QED) is 0.700. The average molecular weight is 316 g/mol. The Kier molecular flexibility index (Phi) is 4.68. The fraction of sp³-hybridized carbons (Fsp3) is 0.353. The summed E-state index contributed by atoms with van der Waals surface area (Å²) >= 11 is 3.64. The van der Waals surface area contributed by atoms with Crippen molar-refractivity contribution in [1.29, 1.82) is 0 Å². The first-order valence-corrected chi connectivity index (χ1v) is 9.05. The maximum atomic E-state index is 4.70. The molecule has 0 aliphatic heterocycles. The van der Waals surface area contributed by atoms with Crippen LogP contribution in [0, 0.1) is 5.92 Å². The van der Waals surface area contributed by atoms with E-state index in [0.29, 0.717) is 12.0 Å². The van der Waals surface area contributed by atoms with Gasteiger partial charge in [-0.3, -0.25) is 0 Å². The number of para-hydroxylation sites is 1. The first kappa shape index (κ1) is 14.7. The number of nitrogens with one attached hydrogen (secondary N) is 1. The Hall–Kier alpha value is -1.23. The van der Waals surface area contributed by atoms with Gasteiger partial charge in [-0.25, -0.2) is 4.98 Å². The minimum Gasteiger partial charge on any atom is -0.309 e. The number of thiophene rings is 1. The van der Waals surface area contributed by atoms with E-state index < -0.39 is 0 Å². The topological polar surface area (TPSA) is 24.9 Å². The lowest BCUT2D eigenvalue weighted by molar-refractivity contribution is 0.420. The fourth-order valence-electron chi connectivity index (χ4n) is 2.49. The highest BCUT2D eigenvalue weighted by Gasteiger charge is 2.16. The van der Waals surface area contributed by atoms with Gasteiger partial charge >= 0.3 is 0 Å². The maximum absolute atomic E-state index is 4.70. The van der Waals surface area contributed by atoms with Gasteiger partial charge < -0.3 is 5.32 Å². The molecule has 1 atom stereocenters. The van der Waals surface area contributed by atoms with Crippen molar-refractivity contribution in [1.82, 2.24) is 10.3 Å². The molecule has 3 rings (SSSR count). The first-order chi connectivity index (χ1) is 10.2.